The van der Waals surface area contributed by atoms with Crippen molar-refractivity contribution >= 4 is 11.9 Å². The van der Waals surface area contributed by atoms with Gasteiger partial charge in [0.2, 0.25) is 0 Å². The van der Waals surface area contributed by atoms with E-state index in [1.165, 1.54) is 83.5 Å². The number of hydrogen-bond donors (Lipinski definition) is 0. The molecule has 0 aliphatic rings. The smallest absolute Gasteiger partial charge is 0.333 e. The van der Waals surface area contributed by atoms with Crippen LogP contribution in [0.25, 0.3) is 0 Å². The highest BCUT2D eigenvalue weighted by Crippen LogP contribution is 2.13. The number of carbonyl (C=O) groups excluding carboxylic acids is 2. The van der Waals surface area contributed by atoms with Crippen molar-refractivity contribution in [3.8, 4) is 0 Å². The number of hydrogen-bond acceptors (Lipinski definition) is 4. The van der Waals surface area contributed by atoms with Gasteiger partial charge in [-0.25, -0.2) is 9.59 Å². The molecule has 0 spiro atoms. The van der Waals surface area contributed by atoms with Crippen molar-refractivity contribution in [3.05, 3.63) is 60.2 Å². The van der Waals surface area contributed by atoms with Gasteiger partial charge < -0.3 is 9.47 Å². The maximum absolute atomic E-state index is 11.2. The van der Waals surface area contributed by atoms with Crippen LogP contribution in [-0.4, -0.2) is 18.5 Å². The first-order valence-corrected chi connectivity index (χ1v) is 13.6. The molecule has 4 nitrogen and oxygen atoms in total. The van der Waals surface area contributed by atoms with Crippen molar-refractivity contribution in [2.24, 2.45) is 0 Å². The van der Waals surface area contributed by atoms with Crippen LogP contribution in [0.3, 0.4) is 0 Å². The lowest BCUT2D eigenvalue weighted by Gasteiger charge is -2.04. The van der Waals surface area contributed by atoms with Gasteiger partial charge in [-0.3, -0.25) is 0 Å². The number of rotatable bonds is 19. The lowest BCUT2D eigenvalue weighted by Crippen LogP contribution is -2.05. The van der Waals surface area contributed by atoms with Crippen LogP contribution < -0.4 is 0 Å². The van der Waals surface area contributed by atoms with E-state index in [4.69, 9.17) is 9.47 Å². The van der Waals surface area contributed by atoms with Crippen molar-refractivity contribution in [1.29, 1.82) is 0 Å². The van der Waals surface area contributed by atoms with Gasteiger partial charge in [0.25, 0.3) is 0 Å². The standard InChI is InChI=1S/C20H38O2.C11H12O2/c1-4-5-6-7-8-9-10-11-12-13-14-15-16-17-18-22-20(21)19(2)3;1-9(2)11(12)13-8-10-6-4-3-5-7-10/h2,4-18H2,1,3H3;3-7H,1,8H2,2H3. The molecule has 0 N–H and O–H groups in total. The first-order valence-electron chi connectivity index (χ1n) is 13.6. The average molecular weight is 487 g/mol. The van der Waals surface area contributed by atoms with Crippen LogP contribution in [0.4, 0.5) is 0 Å². The molecule has 198 valence electrons. The van der Waals surface area contributed by atoms with Crippen molar-refractivity contribution in [2.75, 3.05) is 6.61 Å². The molecule has 0 saturated carbocycles. The number of carbonyl (C=O) groups is 2. The molecule has 1 aromatic rings. The molecule has 0 atom stereocenters. The van der Waals surface area contributed by atoms with Gasteiger partial charge in [-0.05, 0) is 25.8 Å². The third-order valence-electron chi connectivity index (χ3n) is 5.64. The van der Waals surface area contributed by atoms with Gasteiger partial charge in [0.05, 0.1) is 6.61 Å². The molecule has 0 radical (unpaired) electrons. The van der Waals surface area contributed by atoms with Gasteiger partial charge in [0, 0.05) is 11.1 Å². The molecule has 0 bridgehead atoms. The molecule has 1 rings (SSSR count). The highest BCUT2D eigenvalue weighted by atomic mass is 16.5. The van der Waals surface area contributed by atoms with Crippen LogP contribution >= 0.6 is 0 Å². The minimum atomic E-state index is -0.344. The summed E-state index contributed by atoms with van der Waals surface area (Å²) in [5.74, 6) is -0.599. The van der Waals surface area contributed by atoms with Gasteiger partial charge in [-0.2, -0.15) is 0 Å². The summed E-state index contributed by atoms with van der Waals surface area (Å²) in [5, 5.41) is 0. The van der Waals surface area contributed by atoms with Crippen LogP contribution in [0.1, 0.15) is 116 Å². The monoisotopic (exact) mass is 486 g/mol. The fourth-order valence-electron chi connectivity index (χ4n) is 3.43. The fourth-order valence-corrected chi connectivity index (χ4v) is 3.43. The fraction of sp³-hybridized carbons (Fsp3) is 0.613. The van der Waals surface area contributed by atoms with E-state index in [1.54, 1.807) is 13.8 Å². The normalized spacial score (nSPS) is 10.1. The molecule has 0 saturated heterocycles. The Morgan fingerprint density at radius 1 is 0.629 bits per heavy atom. The minimum absolute atomic E-state index is 0.255. The zero-order chi connectivity index (χ0) is 26.2. The van der Waals surface area contributed by atoms with E-state index in [9.17, 15) is 9.59 Å². The van der Waals surface area contributed by atoms with Gasteiger partial charge in [-0.15, -0.1) is 0 Å². The zero-order valence-corrected chi connectivity index (χ0v) is 22.7. The van der Waals surface area contributed by atoms with Crippen molar-refractivity contribution in [3.63, 3.8) is 0 Å². The Morgan fingerprint density at radius 2 is 1.03 bits per heavy atom. The first-order chi connectivity index (χ1) is 16.9. The molecule has 0 amide bonds. The second-order valence-electron chi connectivity index (χ2n) is 9.35. The summed E-state index contributed by atoms with van der Waals surface area (Å²) < 4.78 is 10.0. The Bertz CT molecular complexity index is 693. The third-order valence-corrected chi connectivity index (χ3v) is 5.64. The van der Waals surface area contributed by atoms with E-state index < -0.39 is 0 Å². The third kappa shape index (κ3) is 21.9. The molecular weight excluding hydrogens is 436 g/mol. The van der Waals surface area contributed by atoms with Gasteiger partial charge in [-0.1, -0.05) is 134 Å². The largest absolute Gasteiger partial charge is 0.462 e. The molecule has 0 aromatic heterocycles. The molecule has 35 heavy (non-hydrogen) atoms. The highest BCUT2D eigenvalue weighted by Gasteiger charge is 2.03. The van der Waals surface area contributed by atoms with E-state index >= 15 is 0 Å². The summed E-state index contributed by atoms with van der Waals surface area (Å²) in [6.07, 6.45) is 18.8. The Hall–Kier alpha value is -2.36. The lowest BCUT2D eigenvalue weighted by atomic mass is 10.0. The molecule has 4 heteroatoms. The number of benzene rings is 1. The van der Waals surface area contributed by atoms with E-state index in [0.717, 1.165) is 12.0 Å². The van der Waals surface area contributed by atoms with Crippen LogP contribution in [-0.2, 0) is 25.7 Å². The van der Waals surface area contributed by atoms with Crippen LogP contribution in [0, 0.1) is 0 Å². The van der Waals surface area contributed by atoms with Gasteiger partial charge >= 0.3 is 11.9 Å². The molecule has 0 unspecified atom stereocenters. The Balaban J connectivity index is 0.000000750. The topological polar surface area (TPSA) is 52.6 Å². The van der Waals surface area contributed by atoms with Crippen LogP contribution in [0.5, 0.6) is 0 Å². The summed E-state index contributed by atoms with van der Waals surface area (Å²) in [6, 6.07) is 9.55. The van der Waals surface area contributed by atoms with E-state index in [1.807, 2.05) is 30.3 Å². The van der Waals surface area contributed by atoms with Gasteiger partial charge in [0.1, 0.15) is 6.61 Å². The number of unbranched alkanes of at least 4 members (excludes halogenated alkanes) is 13. The van der Waals surface area contributed by atoms with Crippen molar-refractivity contribution < 1.29 is 19.1 Å². The summed E-state index contributed by atoms with van der Waals surface area (Å²) >= 11 is 0. The molecule has 0 aliphatic heterocycles. The predicted molar refractivity (Wildman–Crippen MR) is 147 cm³/mol. The van der Waals surface area contributed by atoms with Crippen molar-refractivity contribution in [2.45, 2.75) is 117 Å². The minimum Gasteiger partial charge on any atom is -0.462 e. The summed E-state index contributed by atoms with van der Waals surface area (Å²) in [6.45, 7) is 13.5. The number of ether oxygens (including phenoxy) is 2. The number of esters is 2. The quantitative estimate of drug-likeness (QED) is 0.111. The van der Waals surface area contributed by atoms with Gasteiger partial charge in [0.15, 0.2) is 0 Å². The maximum Gasteiger partial charge on any atom is 0.333 e. The molecule has 0 fully saturated rings. The predicted octanol–water partition coefficient (Wildman–Crippen LogP) is 8.89. The Morgan fingerprint density at radius 3 is 1.46 bits per heavy atom. The molecule has 0 aliphatic carbocycles. The average Bonchev–Trinajstić information content (AvgIpc) is 2.85. The Kier molecular flexibility index (Phi) is 21.8. The molecule has 0 heterocycles. The van der Waals surface area contributed by atoms with Crippen molar-refractivity contribution in [1.82, 2.24) is 0 Å². The van der Waals surface area contributed by atoms with Crippen LogP contribution in [0.2, 0.25) is 0 Å². The van der Waals surface area contributed by atoms with E-state index in [2.05, 4.69) is 20.1 Å². The Labute approximate surface area is 215 Å². The zero-order valence-electron chi connectivity index (χ0n) is 22.7. The second kappa shape index (κ2) is 23.4. The summed E-state index contributed by atoms with van der Waals surface area (Å²) in [5.41, 5.74) is 1.90. The summed E-state index contributed by atoms with van der Waals surface area (Å²) in [4.78, 5) is 22.1. The molecular formula is C31H50O4. The van der Waals surface area contributed by atoms with Crippen LogP contribution in [0.15, 0.2) is 54.6 Å². The first kappa shape index (κ1) is 32.6. The lowest BCUT2D eigenvalue weighted by molar-refractivity contribution is -0.140. The maximum atomic E-state index is 11.2. The van der Waals surface area contributed by atoms with E-state index in [0.29, 0.717) is 24.4 Å². The second-order valence-corrected chi connectivity index (χ2v) is 9.35. The SMILES string of the molecule is C=C(C)C(=O)OCCCCCCCCCCCCCCCC.C=C(C)C(=O)OCc1ccccc1. The summed E-state index contributed by atoms with van der Waals surface area (Å²) in [7, 11) is 0. The highest BCUT2D eigenvalue weighted by molar-refractivity contribution is 5.87. The van der Waals surface area contributed by atoms with E-state index in [-0.39, 0.29) is 11.9 Å². The molecule has 1 aromatic carbocycles.